The fraction of sp³-hybridized carbons (Fsp3) is 0.357. The van der Waals surface area contributed by atoms with E-state index in [-0.39, 0.29) is 18.6 Å². The van der Waals surface area contributed by atoms with E-state index < -0.39 is 18.2 Å². The van der Waals surface area contributed by atoms with Gasteiger partial charge in [-0.25, -0.2) is 9.78 Å². The summed E-state index contributed by atoms with van der Waals surface area (Å²) in [6.45, 7) is 4.64. The molecule has 234 valence electrons. The molecule has 0 aliphatic carbocycles. The molecule has 1 unspecified atom stereocenters. The van der Waals surface area contributed by atoms with Gasteiger partial charge in [-0.15, -0.1) is 0 Å². The summed E-state index contributed by atoms with van der Waals surface area (Å²) in [5, 5.41) is 26.0. The Balaban J connectivity index is 0.000000821. The number of halogens is 3. The smallest absolute Gasteiger partial charge is 0.490 e. The fourth-order valence-corrected chi connectivity index (χ4v) is 3.32. The highest BCUT2D eigenvalue weighted by Gasteiger charge is 2.38. The van der Waals surface area contributed by atoms with Crippen molar-refractivity contribution < 1.29 is 42.4 Å². The number of hydrogen-bond acceptors (Lipinski definition) is 10. The predicted molar refractivity (Wildman–Crippen MR) is 154 cm³/mol. The molecule has 0 saturated carbocycles. The minimum Gasteiger partial charge on any atom is -0.491 e. The molecule has 0 saturated heterocycles. The Bertz CT molecular complexity index is 1340. The Morgan fingerprint density at radius 1 is 1.02 bits per heavy atom. The number of carbonyl (C=O) groups excluding carboxylic acids is 1. The van der Waals surface area contributed by atoms with Gasteiger partial charge in [0.1, 0.15) is 35.6 Å². The molecule has 0 fully saturated rings. The van der Waals surface area contributed by atoms with Crippen LogP contribution in [0.15, 0.2) is 54.7 Å². The van der Waals surface area contributed by atoms with Gasteiger partial charge in [-0.1, -0.05) is 6.07 Å². The SMILES string of the molecule is CNC(=O)c1cnc(Nc2ccc(OCC(O)CN(C)C)cc2)nc1Nc1cccc(OC(C)C)c1.O=C(O)C(F)(F)F. The molecular weight excluding hydrogens is 573 g/mol. The van der Waals surface area contributed by atoms with E-state index in [1.807, 2.05) is 69.2 Å². The van der Waals surface area contributed by atoms with Gasteiger partial charge in [0, 0.05) is 37.2 Å². The number of aliphatic carboxylic acids is 1. The number of carboxylic acid groups (broad SMARTS) is 1. The van der Waals surface area contributed by atoms with E-state index in [2.05, 4.69) is 25.9 Å². The summed E-state index contributed by atoms with van der Waals surface area (Å²) in [6, 6.07) is 14.7. The molecule has 1 aromatic heterocycles. The number of anilines is 4. The number of likely N-dealkylation sites (N-methyl/N-ethyl adjacent to an activating group) is 1. The van der Waals surface area contributed by atoms with E-state index in [0.717, 1.165) is 11.4 Å². The molecular formula is C28H35F3N6O6. The molecule has 12 nitrogen and oxygen atoms in total. The van der Waals surface area contributed by atoms with Gasteiger partial charge in [0.2, 0.25) is 5.95 Å². The summed E-state index contributed by atoms with van der Waals surface area (Å²) in [4.78, 5) is 32.0. The highest BCUT2D eigenvalue weighted by molar-refractivity contribution is 5.99. The molecule has 0 spiro atoms. The van der Waals surface area contributed by atoms with Crippen LogP contribution in [0.4, 0.5) is 36.3 Å². The van der Waals surface area contributed by atoms with Gasteiger partial charge in [0.15, 0.2) is 0 Å². The lowest BCUT2D eigenvalue weighted by Gasteiger charge is -2.16. The standard InChI is InChI=1S/C26H34N6O4.C2HF3O2/c1-17(2)36-22-8-6-7-19(13-22)29-24-23(25(34)27-3)14-28-26(31-24)30-18-9-11-21(12-10-18)35-16-20(33)15-32(4)5;3-2(4,5)1(6)7/h6-14,17,20,33H,15-16H2,1-5H3,(H,27,34)(H2,28,29,30,31);(H,6,7). The Morgan fingerprint density at radius 3 is 2.23 bits per heavy atom. The molecule has 1 heterocycles. The van der Waals surface area contributed by atoms with Crippen LogP contribution in [0, 0.1) is 0 Å². The molecule has 0 aliphatic heterocycles. The van der Waals surface area contributed by atoms with Gasteiger partial charge in [0.25, 0.3) is 5.91 Å². The second-order valence-electron chi connectivity index (χ2n) is 9.53. The number of nitrogens with zero attached hydrogens (tertiary/aromatic N) is 3. The molecule has 5 N–H and O–H groups in total. The number of hydrogen-bond donors (Lipinski definition) is 5. The monoisotopic (exact) mass is 608 g/mol. The third-order valence-electron chi connectivity index (χ3n) is 5.10. The number of amides is 1. The van der Waals surface area contributed by atoms with Crippen LogP contribution in [0.5, 0.6) is 11.5 Å². The van der Waals surface area contributed by atoms with E-state index in [9.17, 15) is 23.1 Å². The molecule has 0 bridgehead atoms. The Hall–Kier alpha value is -4.63. The number of alkyl halides is 3. The van der Waals surface area contributed by atoms with Crippen molar-refractivity contribution in [1.82, 2.24) is 20.2 Å². The Kier molecular flexibility index (Phi) is 13.0. The van der Waals surface area contributed by atoms with E-state index in [1.54, 1.807) is 19.2 Å². The van der Waals surface area contributed by atoms with Crippen LogP contribution in [0.1, 0.15) is 24.2 Å². The molecule has 3 aromatic rings. The molecule has 1 amide bonds. The maximum Gasteiger partial charge on any atom is 0.490 e. The van der Waals surface area contributed by atoms with Crippen molar-refractivity contribution in [2.75, 3.05) is 44.9 Å². The number of aromatic nitrogens is 2. The van der Waals surface area contributed by atoms with Crippen LogP contribution in [0.2, 0.25) is 0 Å². The number of aliphatic hydroxyl groups excluding tert-OH is 1. The highest BCUT2D eigenvalue weighted by atomic mass is 19.4. The third-order valence-corrected chi connectivity index (χ3v) is 5.10. The summed E-state index contributed by atoms with van der Waals surface area (Å²) in [5.74, 6) is -1.05. The first-order valence-electron chi connectivity index (χ1n) is 12.9. The van der Waals surface area contributed by atoms with Gasteiger partial charge in [0.05, 0.1) is 6.10 Å². The van der Waals surface area contributed by atoms with Crippen LogP contribution >= 0.6 is 0 Å². The van der Waals surface area contributed by atoms with Crippen molar-refractivity contribution in [3.05, 3.63) is 60.3 Å². The second-order valence-corrected chi connectivity index (χ2v) is 9.53. The average molecular weight is 609 g/mol. The van der Waals surface area contributed by atoms with E-state index in [4.69, 9.17) is 19.4 Å². The molecule has 2 aromatic carbocycles. The minimum absolute atomic E-state index is 0.0384. The molecule has 0 radical (unpaired) electrons. The zero-order valence-electron chi connectivity index (χ0n) is 24.3. The molecule has 0 aliphatic rings. The summed E-state index contributed by atoms with van der Waals surface area (Å²) in [7, 11) is 5.34. The summed E-state index contributed by atoms with van der Waals surface area (Å²) in [5.41, 5.74) is 1.77. The zero-order valence-corrected chi connectivity index (χ0v) is 24.3. The fourth-order valence-electron chi connectivity index (χ4n) is 3.32. The van der Waals surface area contributed by atoms with E-state index in [0.29, 0.717) is 35.4 Å². The van der Waals surface area contributed by atoms with Crippen LogP contribution in [-0.2, 0) is 4.79 Å². The highest BCUT2D eigenvalue weighted by Crippen LogP contribution is 2.25. The number of benzene rings is 2. The van der Waals surface area contributed by atoms with Crippen molar-refractivity contribution in [2.45, 2.75) is 32.2 Å². The number of carboxylic acids is 1. The largest absolute Gasteiger partial charge is 0.491 e. The number of nitrogens with one attached hydrogen (secondary N) is 3. The third kappa shape index (κ3) is 12.4. The number of ether oxygens (including phenoxy) is 2. The van der Waals surface area contributed by atoms with Crippen molar-refractivity contribution in [1.29, 1.82) is 0 Å². The van der Waals surface area contributed by atoms with Crippen LogP contribution < -0.4 is 25.4 Å². The molecule has 15 heteroatoms. The minimum atomic E-state index is -5.08. The second kappa shape index (κ2) is 16.1. The first-order valence-corrected chi connectivity index (χ1v) is 12.9. The van der Waals surface area contributed by atoms with Gasteiger partial charge in [-0.2, -0.15) is 18.2 Å². The van der Waals surface area contributed by atoms with Crippen LogP contribution in [0.3, 0.4) is 0 Å². The lowest BCUT2D eigenvalue weighted by atomic mass is 10.2. The Labute approximate surface area is 246 Å². The number of aliphatic hydroxyl groups is 1. The van der Waals surface area contributed by atoms with Gasteiger partial charge in [-0.05, 0) is 64.3 Å². The topological polar surface area (TPSA) is 158 Å². The predicted octanol–water partition coefficient (Wildman–Crippen LogP) is 4.05. The van der Waals surface area contributed by atoms with E-state index >= 15 is 0 Å². The maximum atomic E-state index is 12.4. The van der Waals surface area contributed by atoms with Crippen molar-refractivity contribution in [3.63, 3.8) is 0 Å². The summed E-state index contributed by atoms with van der Waals surface area (Å²) >= 11 is 0. The van der Waals surface area contributed by atoms with Crippen LogP contribution in [-0.4, -0.2) is 89.6 Å². The first kappa shape index (κ1) is 34.6. The van der Waals surface area contributed by atoms with Crippen LogP contribution in [0.25, 0.3) is 0 Å². The summed E-state index contributed by atoms with van der Waals surface area (Å²) in [6.07, 6.45) is -4.15. The first-order chi connectivity index (χ1) is 20.2. The molecule has 3 rings (SSSR count). The van der Waals surface area contributed by atoms with Gasteiger partial charge < -0.3 is 40.5 Å². The Morgan fingerprint density at radius 2 is 1.67 bits per heavy atom. The zero-order chi connectivity index (χ0) is 32.2. The van der Waals surface area contributed by atoms with E-state index in [1.165, 1.54) is 6.20 Å². The van der Waals surface area contributed by atoms with Gasteiger partial charge >= 0.3 is 12.1 Å². The van der Waals surface area contributed by atoms with Gasteiger partial charge in [-0.3, -0.25) is 4.79 Å². The van der Waals surface area contributed by atoms with Crippen molar-refractivity contribution in [2.24, 2.45) is 0 Å². The average Bonchev–Trinajstić information content (AvgIpc) is 2.92. The molecule has 43 heavy (non-hydrogen) atoms. The molecule has 1 atom stereocenters. The summed E-state index contributed by atoms with van der Waals surface area (Å²) < 4.78 is 43.1. The lowest BCUT2D eigenvalue weighted by Crippen LogP contribution is -2.30. The lowest BCUT2D eigenvalue weighted by molar-refractivity contribution is -0.192. The van der Waals surface area contributed by atoms with Crippen molar-refractivity contribution in [3.8, 4) is 11.5 Å². The number of carbonyl (C=O) groups is 2. The maximum absolute atomic E-state index is 12.4. The quantitative estimate of drug-likeness (QED) is 0.202. The normalized spacial score (nSPS) is 11.7. The van der Waals surface area contributed by atoms with Crippen molar-refractivity contribution >= 4 is 35.0 Å². The number of rotatable bonds is 12.